The lowest BCUT2D eigenvalue weighted by Crippen LogP contribution is -2.54. The molecule has 0 amide bonds. The van der Waals surface area contributed by atoms with Gasteiger partial charge < -0.3 is 9.64 Å². The van der Waals surface area contributed by atoms with E-state index < -0.39 is 5.54 Å². The van der Waals surface area contributed by atoms with Gasteiger partial charge in [-0.25, -0.2) is 0 Å². The number of carbonyl (C=O) groups is 1. The maximum absolute atomic E-state index is 12.5. The molecule has 1 N–H and O–H groups in total. The van der Waals surface area contributed by atoms with Crippen molar-refractivity contribution in [2.75, 3.05) is 19.7 Å². The van der Waals surface area contributed by atoms with Gasteiger partial charge in [0.05, 0.1) is 6.61 Å². The molecule has 0 heterocycles. The van der Waals surface area contributed by atoms with Gasteiger partial charge in [0.2, 0.25) is 0 Å². The molecular weight excluding hydrogens is 264 g/mol. The predicted octanol–water partition coefficient (Wildman–Crippen LogP) is 2.96. The van der Waals surface area contributed by atoms with Crippen molar-refractivity contribution in [3.63, 3.8) is 0 Å². The molecule has 0 bridgehead atoms. The van der Waals surface area contributed by atoms with E-state index in [0.717, 1.165) is 32.4 Å². The summed E-state index contributed by atoms with van der Waals surface area (Å²) in [5, 5.41) is 3.51. The third kappa shape index (κ3) is 4.96. The minimum Gasteiger partial charge on any atom is -0.465 e. The predicted molar refractivity (Wildman–Crippen MR) is 87.4 cm³/mol. The normalized spacial score (nSPS) is 25.8. The zero-order valence-electron chi connectivity index (χ0n) is 14.6. The first-order valence-electron chi connectivity index (χ1n) is 8.68. The quantitative estimate of drug-likeness (QED) is 0.665. The summed E-state index contributed by atoms with van der Waals surface area (Å²) in [6.45, 7) is 13.2. The molecule has 0 spiro atoms. The van der Waals surface area contributed by atoms with E-state index >= 15 is 0 Å². The topological polar surface area (TPSA) is 41.6 Å². The van der Waals surface area contributed by atoms with Gasteiger partial charge in [-0.05, 0) is 66.0 Å². The van der Waals surface area contributed by atoms with Gasteiger partial charge in [0.15, 0.2) is 0 Å². The van der Waals surface area contributed by atoms with Crippen LogP contribution in [0.5, 0.6) is 0 Å². The Kier molecular flexibility index (Phi) is 7.67. The molecule has 0 aromatic carbocycles. The van der Waals surface area contributed by atoms with Gasteiger partial charge in [0.1, 0.15) is 5.54 Å². The van der Waals surface area contributed by atoms with Gasteiger partial charge in [0.25, 0.3) is 0 Å². The van der Waals surface area contributed by atoms with Crippen molar-refractivity contribution >= 4 is 5.97 Å². The van der Waals surface area contributed by atoms with Crippen molar-refractivity contribution in [1.82, 2.24) is 10.2 Å². The van der Waals surface area contributed by atoms with Crippen molar-refractivity contribution in [1.29, 1.82) is 0 Å². The van der Waals surface area contributed by atoms with E-state index in [0.29, 0.717) is 18.7 Å². The van der Waals surface area contributed by atoms with Gasteiger partial charge in [0, 0.05) is 12.1 Å². The van der Waals surface area contributed by atoms with Gasteiger partial charge in [-0.2, -0.15) is 0 Å². The SMILES string of the molecule is CCCN(CCC)C1CCC(NC(C)C)(C(=O)OCC)C1. The van der Waals surface area contributed by atoms with Gasteiger partial charge in [-0.1, -0.05) is 13.8 Å². The average Bonchev–Trinajstić information content (AvgIpc) is 2.83. The third-order valence-corrected chi connectivity index (χ3v) is 4.26. The molecule has 4 nitrogen and oxygen atoms in total. The third-order valence-electron chi connectivity index (χ3n) is 4.26. The van der Waals surface area contributed by atoms with E-state index in [2.05, 4.69) is 37.9 Å². The molecular formula is C17H34N2O2. The van der Waals surface area contributed by atoms with Crippen LogP contribution in [-0.2, 0) is 9.53 Å². The van der Waals surface area contributed by atoms with E-state index in [4.69, 9.17) is 4.74 Å². The largest absolute Gasteiger partial charge is 0.465 e. The fourth-order valence-electron chi connectivity index (χ4n) is 3.58. The zero-order valence-corrected chi connectivity index (χ0v) is 14.6. The van der Waals surface area contributed by atoms with Gasteiger partial charge in [-0.3, -0.25) is 10.1 Å². The molecule has 1 aliphatic rings. The van der Waals surface area contributed by atoms with E-state index in [1.807, 2.05) is 6.92 Å². The van der Waals surface area contributed by atoms with Gasteiger partial charge in [-0.15, -0.1) is 0 Å². The summed E-state index contributed by atoms with van der Waals surface area (Å²) >= 11 is 0. The van der Waals surface area contributed by atoms with Crippen LogP contribution in [-0.4, -0.2) is 48.2 Å². The van der Waals surface area contributed by atoms with Crippen LogP contribution in [0.4, 0.5) is 0 Å². The number of rotatable bonds is 9. The van der Waals surface area contributed by atoms with Crippen molar-refractivity contribution in [2.24, 2.45) is 0 Å². The Labute approximate surface area is 130 Å². The first-order valence-corrected chi connectivity index (χ1v) is 8.68. The highest BCUT2D eigenvalue weighted by Gasteiger charge is 2.47. The Hall–Kier alpha value is -0.610. The van der Waals surface area contributed by atoms with Crippen LogP contribution in [0.15, 0.2) is 0 Å². The highest BCUT2D eigenvalue weighted by molar-refractivity contribution is 5.81. The van der Waals surface area contributed by atoms with E-state index in [1.165, 1.54) is 12.8 Å². The highest BCUT2D eigenvalue weighted by atomic mass is 16.5. The second kappa shape index (κ2) is 8.74. The van der Waals surface area contributed by atoms with Crippen LogP contribution >= 0.6 is 0 Å². The molecule has 1 rings (SSSR count). The standard InChI is InChI=1S/C17H34N2O2/c1-6-11-19(12-7-2)15-9-10-17(13-15,18-14(4)5)16(20)21-8-3/h14-15,18H,6-13H2,1-5H3. The number of nitrogens with one attached hydrogen (secondary N) is 1. The maximum Gasteiger partial charge on any atom is 0.326 e. The van der Waals surface area contributed by atoms with Crippen molar-refractivity contribution in [3.05, 3.63) is 0 Å². The number of hydrogen-bond donors (Lipinski definition) is 1. The lowest BCUT2D eigenvalue weighted by molar-refractivity contribution is -0.151. The number of ether oxygens (including phenoxy) is 1. The van der Waals surface area contributed by atoms with Crippen molar-refractivity contribution < 1.29 is 9.53 Å². The molecule has 4 heteroatoms. The second-order valence-electron chi connectivity index (χ2n) is 6.53. The number of esters is 1. The Balaban J connectivity index is 2.81. The molecule has 2 unspecified atom stereocenters. The van der Waals surface area contributed by atoms with E-state index in [1.54, 1.807) is 0 Å². The number of carbonyl (C=O) groups excluding carboxylic acids is 1. The second-order valence-corrected chi connectivity index (χ2v) is 6.53. The molecule has 124 valence electrons. The van der Waals surface area contributed by atoms with Crippen LogP contribution in [0.2, 0.25) is 0 Å². The average molecular weight is 298 g/mol. The molecule has 21 heavy (non-hydrogen) atoms. The molecule has 0 radical (unpaired) electrons. The van der Waals surface area contributed by atoms with Crippen LogP contribution in [0, 0.1) is 0 Å². The van der Waals surface area contributed by atoms with Crippen molar-refractivity contribution in [2.45, 2.75) is 84.3 Å². The summed E-state index contributed by atoms with van der Waals surface area (Å²) in [6, 6.07) is 0.791. The van der Waals surface area contributed by atoms with E-state index in [9.17, 15) is 4.79 Å². The summed E-state index contributed by atoms with van der Waals surface area (Å²) in [6.07, 6.45) is 5.18. The Morgan fingerprint density at radius 3 is 2.38 bits per heavy atom. The Morgan fingerprint density at radius 2 is 1.90 bits per heavy atom. The number of nitrogens with zero attached hydrogens (tertiary/aromatic N) is 1. The summed E-state index contributed by atoms with van der Waals surface area (Å²) < 4.78 is 5.36. The highest BCUT2D eigenvalue weighted by Crippen LogP contribution is 2.35. The molecule has 0 aliphatic heterocycles. The summed E-state index contributed by atoms with van der Waals surface area (Å²) in [5.41, 5.74) is -0.478. The first kappa shape index (κ1) is 18.4. The Morgan fingerprint density at radius 1 is 1.29 bits per heavy atom. The van der Waals surface area contributed by atoms with Crippen LogP contribution in [0.1, 0.15) is 66.7 Å². The zero-order chi connectivity index (χ0) is 15.9. The fraction of sp³-hybridized carbons (Fsp3) is 0.941. The Bertz CT molecular complexity index is 314. The molecule has 2 atom stereocenters. The molecule has 1 aliphatic carbocycles. The molecule has 0 aromatic heterocycles. The van der Waals surface area contributed by atoms with Crippen LogP contribution < -0.4 is 5.32 Å². The smallest absolute Gasteiger partial charge is 0.326 e. The minimum absolute atomic E-state index is 0.0610. The number of hydrogen-bond acceptors (Lipinski definition) is 4. The van der Waals surface area contributed by atoms with Crippen LogP contribution in [0.25, 0.3) is 0 Å². The minimum atomic E-state index is -0.478. The lowest BCUT2D eigenvalue weighted by Gasteiger charge is -2.33. The van der Waals surface area contributed by atoms with Gasteiger partial charge >= 0.3 is 5.97 Å². The summed E-state index contributed by atoms with van der Waals surface area (Å²) in [4.78, 5) is 15.0. The molecule has 1 saturated carbocycles. The maximum atomic E-state index is 12.5. The summed E-state index contributed by atoms with van der Waals surface area (Å²) in [5.74, 6) is -0.0610. The van der Waals surface area contributed by atoms with E-state index in [-0.39, 0.29) is 5.97 Å². The lowest BCUT2D eigenvalue weighted by atomic mass is 9.96. The molecule has 1 fully saturated rings. The first-order chi connectivity index (χ1) is 9.99. The summed E-state index contributed by atoms with van der Waals surface area (Å²) in [7, 11) is 0. The monoisotopic (exact) mass is 298 g/mol. The van der Waals surface area contributed by atoms with Crippen molar-refractivity contribution in [3.8, 4) is 0 Å². The fourth-order valence-corrected chi connectivity index (χ4v) is 3.58. The molecule has 0 saturated heterocycles. The molecule has 0 aromatic rings. The van der Waals surface area contributed by atoms with Crippen LogP contribution in [0.3, 0.4) is 0 Å².